The highest BCUT2D eigenvalue weighted by atomic mass is 16.6. The number of hydrogen-bond acceptors (Lipinski definition) is 7. The SMILES string of the molecule is CCN(CCN(C(=O)CNCC(=O)N(C)N1Cc2ccccc2C1)c1ccc(C#N)cc1C)C(=O)OC(C)(C)C. The molecule has 1 heterocycles. The highest BCUT2D eigenvalue weighted by molar-refractivity contribution is 5.96. The van der Waals surface area contributed by atoms with Gasteiger partial charge in [0.05, 0.1) is 24.7 Å². The van der Waals surface area contributed by atoms with Crippen molar-refractivity contribution in [3.05, 3.63) is 64.7 Å². The number of rotatable bonds is 10. The Bertz CT molecular complexity index is 1240. The van der Waals surface area contributed by atoms with Gasteiger partial charge in [0.2, 0.25) is 5.91 Å². The highest BCUT2D eigenvalue weighted by Gasteiger charge is 2.26. The van der Waals surface area contributed by atoms with Crippen molar-refractivity contribution in [3.8, 4) is 6.07 Å². The number of carbonyl (C=O) groups excluding carboxylic acids is 3. The van der Waals surface area contributed by atoms with Crippen molar-refractivity contribution in [1.29, 1.82) is 5.26 Å². The van der Waals surface area contributed by atoms with Gasteiger partial charge in [0.1, 0.15) is 5.60 Å². The van der Waals surface area contributed by atoms with Gasteiger partial charge in [-0.15, -0.1) is 0 Å². The minimum Gasteiger partial charge on any atom is -0.444 e. The van der Waals surface area contributed by atoms with Crippen molar-refractivity contribution in [2.75, 3.05) is 44.7 Å². The fourth-order valence-corrected chi connectivity index (χ4v) is 4.50. The van der Waals surface area contributed by atoms with E-state index in [0.29, 0.717) is 30.9 Å². The molecule has 214 valence electrons. The molecule has 0 spiro atoms. The number of nitriles is 1. The van der Waals surface area contributed by atoms with E-state index in [2.05, 4.69) is 23.5 Å². The van der Waals surface area contributed by atoms with Crippen LogP contribution in [0.4, 0.5) is 10.5 Å². The second-order valence-electron chi connectivity index (χ2n) is 10.8. The van der Waals surface area contributed by atoms with E-state index in [-0.39, 0.29) is 38.0 Å². The van der Waals surface area contributed by atoms with E-state index in [1.807, 2.05) is 51.8 Å². The number of likely N-dealkylation sites (N-methyl/N-ethyl adjacent to an activating group) is 2. The summed E-state index contributed by atoms with van der Waals surface area (Å²) in [5, 5.41) is 15.8. The molecule has 3 rings (SSSR count). The van der Waals surface area contributed by atoms with Crippen LogP contribution in [0.15, 0.2) is 42.5 Å². The Balaban J connectivity index is 1.64. The molecule has 0 unspecified atom stereocenters. The first-order valence-corrected chi connectivity index (χ1v) is 13.5. The van der Waals surface area contributed by atoms with Crippen LogP contribution in [-0.4, -0.2) is 78.2 Å². The summed E-state index contributed by atoms with van der Waals surface area (Å²) >= 11 is 0. The molecule has 0 saturated carbocycles. The van der Waals surface area contributed by atoms with Crippen LogP contribution >= 0.6 is 0 Å². The molecule has 0 bridgehead atoms. The third-order valence-electron chi connectivity index (χ3n) is 6.71. The normalized spacial score (nSPS) is 12.8. The summed E-state index contributed by atoms with van der Waals surface area (Å²) in [6.07, 6.45) is -0.449. The number of hydrazine groups is 1. The van der Waals surface area contributed by atoms with E-state index in [4.69, 9.17) is 4.74 Å². The number of anilines is 1. The molecule has 2 aromatic carbocycles. The number of ether oxygens (including phenoxy) is 1. The monoisotopic (exact) mass is 548 g/mol. The van der Waals surface area contributed by atoms with Crippen molar-refractivity contribution in [3.63, 3.8) is 0 Å². The van der Waals surface area contributed by atoms with Gasteiger partial charge in [-0.2, -0.15) is 5.26 Å². The maximum absolute atomic E-state index is 13.4. The fraction of sp³-hybridized carbons (Fsp3) is 0.467. The molecule has 0 saturated heterocycles. The predicted molar refractivity (Wildman–Crippen MR) is 153 cm³/mol. The van der Waals surface area contributed by atoms with Crippen LogP contribution in [0.3, 0.4) is 0 Å². The standard InChI is InChI=1S/C30H40N6O4/c1-7-34(29(39)40-30(3,4)5)14-15-36(26-13-12-23(17-31)16-22(26)2)28(38)19-32-18-27(37)33(6)35-20-24-10-8-9-11-25(24)21-35/h8-13,16,32H,7,14-15,18-21H2,1-6H3. The van der Waals surface area contributed by atoms with Gasteiger partial charge >= 0.3 is 6.09 Å². The first kappa shape index (κ1) is 30.6. The van der Waals surface area contributed by atoms with Gasteiger partial charge in [0, 0.05) is 45.5 Å². The first-order chi connectivity index (χ1) is 18.9. The van der Waals surface area contributed by atoms with Crippen LogP contribution in [0.1, 0.15) is 49.9 Å². The number of carbonyl (C=O) groups is 3. The van der Waals surface area contributed by atoms with Crippen molar-refractivity contribution in [2.24, 2.45) is 0 Å². The smallest absolute Gasteiger partial charge is 0.410 e. The van der Waals surface area contributed by atoms with Gasteiger partial charge < -0.3 is 14.5 Å². The third kappa shape index (κ3) is 8.04. The van der Waals surface area contributed by atoms with E-state index in [1.165, 1.54) is 11.1 Å². The highest BCUT2D eigenvalue weighted by Crippen LogP contribution is 2.24. The topological polar surface area (TPSA) is 109 Å². The minimum absolute atomic E-state index is 0.00568. The second-order valence-corrected chi connectivity index (χ2v) is 10.8. The number of nitrogens with one attached hydrogen (secondary N) is 1. The maximum Gasteiger partial charge on any atom is 0.410 e. The molecule has 1 N–H and O–H groups in total. The molecule has 3 amide bonds. The Morgan fingerprint density at radius 3 is 2.20 bits per heavy atom. The lowest BCUT2D eigenvalue weighted by molar-refractivity contribution is -0.145. The number of benzene rings is 2. The van der Waals surface area contributed by atoms with Crippen LogP contribution in [0.25, 0.3) is 0 Å². The molecule has 10 nitrogen and oxygen atoms in total. The Morgan fingerprint density at radius 1 is 1.02 bits per heavy atom. The summed E-state index contributed by atoms with van der Waals surface area (Å²) < 4.78 is 5.51. The molecular weight excluding hydrogens is 508 g/mol. The van der Waals surface area contributed by atoms with E-state index in [9.17, 15) is 19.6 Å². The molecule has 2 aromatic rings. The summed E-state index contributed by atoms with van der Waals surface area (Å²) in [6.45, 7) is 11.3. The van der Waals surface area contributed by atoms with Crippen LogP contribution in [0.5, 0.6) is 0 Å². The Labute approximate surface area is 237 Å². The van der Waals surface area contributed by atoms with Gasteiger partial charge in [-0.3, -0.25) is 19.9 Å². The van der Waals surface area contributed by atoms with Crippen LogP contribution in [0, 0.1) is 18.3 Å². The number of amides is 3. The number of aryl methyl sites for hydroxylation is 1. The lowest BCUT2D eigenvalue weighted by Crippen LogP contribution is -2.48. The summed E-state index contributed by atoms with van der Waals surface area (Å²) in [4.78, 5) is 42.1. The molecule has 1 aliphatic heterocycles. The van der Waals surface area contributed by atoms with Crippen molar-refractivity contribution in [1.82, 2.24) is 20.2 Å². The zero-order chi connectivity index (χ0) is 29.4. The molecule has 10 heteroatoms. The van der Waals surface area contributed by atoms with Crippen LogP contribution < -0.4 is 10.2 Å². The van der Waals surface area contributed by atoms with Gasteiger partial charge in [-0.25, -0.2) is 9.80 Å². The molecule has 0 aromatic heterocycles. The molecule has 0 atom stereocenters. The summed E-state index contributed by atoms with van der Waals surface area (Å²) in [6, 6.07) is 15.3. The minimum atomic E-state index is -0.634. The quantitative estimate of drug-likeness (QED) is 0.485. The predicted octanol–water partition coefficient (Wildman–Crippen LogP) is 3.44. The largest absolute Gasteiger partial charge is 0.444 e. The first-order valence-electron chi connectivity index (χ1n) is 13.5. The number of fused-ring (bicyclic) bond motifs is 1. The summed E-state index contributed by atoms with van der Waals surface area (Å²) in [5.74, 6) is -0.402. The van der Waals surface area contributed by atoms with Gasteiger partial charge in [-0.05, 0) is 69.5 Å². The van der Waals surface area contributed by atoms with E-state index >= 15 is 0 Å². The van der Waals surface area contributed by atoms with Crippen molar-refractivity contribution in [2.45, 2.75) is 53.3 Å². The van der Waals surface area contributed by atoms with Gasteiger partial charge in [-0.1, -0.05) is 24.3 Å². The van der Waals surface area contributed by atoms with E-state index < -0.39 is 11.7 Å². The lowest BCUT2D eigenvalue weighted by atomic mass is 10.1. The average molecular weight is 549 g/mol. The van der Waals surface area contributed by atoms with E-state index in [1.54, 1.807) is 40.1 Å². The summed E-state index contributed by atoms with van der Waals surface area (Å²) in [5.41, 5.74) is 3.66. The molecule has 1 aliphatic rings. The van der Waals surface area contributed by atoms with Crippen molar-refractivity contribution < 1.29 is 19.1 Å². The van der Waals surface area contributed by atoms with Gasteiger partial charge in [0.25, 0.3) is 5.91 Å². The Kier molecular flexibility index (Phi) is 10.3. The molecule has 0 radical (unpaired) electrons. The van der Waals surface area contributed by atoms with Crippen molar-refractivity contribution >= 4 is 23.6 Å². The number of nitrogens with zero attached hydrogens (tertiary/aromatic N) is 5. The average Bonchev–Trinajstić information content (AvgIpc) is 3.34. The maximum atomic E-state index is 13.4. The molecule has 0 aliphatic carbocycles. The van der Waals surface area contributed by atoms with Crippen LogP contribution in [0.2, 0.25) is 0 Å². The fourth-order valence-electron chi connectivity index (χ4n) is 4.50. The van der Waals surface area contributed by atoms with E-state index in [0.717, 1.165) is 5.56 Å². The zero-order valence-corrected chi connectivity index (χ0v) is 24.4. The molecule has 40 heavy (non-hydrogen) atoms. The van der Waals surface area contributed by atoms with Crippen LogP contribution in [-0.2, 0) is 27.4 Å². The molecule has 0 fully saturated rings. The Morgan fingerprint density at radius 2 is 1.65 bits per heavy atom. The molecular formula is C30H40N6O4. The third-order valence-corrected chi connectivity index (χ3v) is 6.71. The summed E-state index contributed by atoms with van der Waals surface area (Å²) in [7, 11) is 1.74. The number of hydrogen-bond donors (Lipinski definition) is 1. The lowest BCUT2D eigenvalue weighted by Gasteiger charge is -2.30. The van der Waals surface area contributed by atoms with Gasteiger partial charge in [0.15, 0.2) is 0 Å². The Hall–Kier alpha value is -3.94. The zero-order valence-electron chi connectivity index (χ0n) is 24.4. The second kappa shape index (κ2) is 13.4.